The van der Waals surface area contributed by atoms with Crippen LogP contribution < -0.4 is 10.0 Å². The smallest absolute Gasteiger partial charge is 0.271 e. The standard InChI is InChI=1S/C32H38N4O5S3/c1-23-11-18-42-30(23)44(38,39)35-26-10-6-9-25-19-27(34-28(25)26)29(37)33-21-31(2,43-20-24-7-4-3-5-8-24)22-36-14-12-32(13-15-36)40-16-17-41-32/h3-11,18-19,34-35H,12-17,20-22H2,1-2H3,(H,33,37). The fourth-order valence-electron chi connectivity index (χ4n) is 5.85. The van der Waals surface area contributed by atoms with E-state index in [1.807, 2.05) is 36.0 Å². The zero-order chi connectivity index (χ0) is 30.8. The molecule has 4 heterocycles. The van der Waals surface area contributed by atoms with Gasteiger partial charge in [0.25, 0.3) is 15.9 Å². The number of nitrogens with one attached hydrogen (secondary N) is 3. The Bertz CT molecular complexity index is 1710. The summed E-state index contributed by atoms with van der Waals surface area (Å²) in [5.41, 5.74) is 3.28. The predicted molar refractivity (Wildman–Crippen MR) is 177 cm³/mol. The lowest BCUT2D eigenvalue weighted by atomic mass is 10.0. The molecule has 9 nitrogen and oxygen atoms in total. The van der Waals surface area contributed by atoms with Gasteiger partial charge in [0, 0.05) is 54.9 Å². The molecule has 2 aromatic heterocycles. The third-order valence-corrected chi connectivity index (χ3v) is 12.7. The number of anilines is 1. The number of aromatic nitrogens is 1. The van der Waals surface area contributed by atoms with Crippen LogP contribution in [0.3, 0.4) is 0 Å². The molecule has 0 saturated carbocycles. The summed E-state index contributed by atoms with van der Waals surface area (Å²) in [6, 6.07) is 19.2. The van der Waals surface area contributed by atoms with Crippen LogP contribution in [0.2, 0.25) is 0 Å². The van der Waals surface area contributed by atoms with Crippen molar-refractivity contribution >= 4 is 55.6 Å². The minimum Gasteiger partial charge on any atom is -0.349 e. The number of likely N-dealkylation sites (tertiary alicyclic amines) is 1. The molecule has 2 fully saturated rings. The summed E-state index contributed by atoms with van der Waals surface area (Å²) in [4.78, 5) is 19.1. The number of hydrogen-bond donors (Lipinski definition) is 3. The first-order valence-electron chi connectivity index (χ1n) is 14.8. The van der Waals surface area contributed by atoms with Crippen molar-refractivity contribution in [1.82, 2.24) is 15.2 Å². The zero-order valence-electron chi connectivity index (χ0n) is 24.9. The minimum atomic E-state index is -3.76. The molecule has 0 radical (unpaired) electrons. The van der Waals surface area contributed by atoms with Gasteiger partial charge in [-0.2, -0.15) is 0 Å². The summed E-state index contributed by atoms with van der Waals surface area (Å²) >= 11 is 3.02. The van der Waals surface area contributed by atoms with E-state index in [9.17, 15) is 13.2 Å². The molecule has 1 atom stereocenters. The van der Waals surface area contributed by atoms with E-state index in [2.05, 4.69) is 39.0 Å². The van der Waals surface area contributed by atoms with E-state index >= 15 is 0 Å². The lowest BCUT2D eigenvalue weighted by Crippen LogP contribution is -2.52. The molecule has 2 aliphatic heterocycles. The summed E-state index contributed by atoms with van der Waals surface area (Å²) in [5.74, 6) is 0.168. The maximum atomic E-state index is 13.5. The van der Waals surface area contributed by atoms with Gasteiger partial charge in [0.05, 0.1) is 24.4 Å². The van der Waals surface area contributed by atoms with E-state index in [1.54, 1.807) is 36.6 Å². The lowest BCUT2D eigenvalue weighted by Gasteiger charge is -2.41. The van der Waals surface area contributed by atoms with Crippen molar-refractivity contribution in [3.05, 3.63) is 82.9 Å². The number of rotatable bonds is 11. The van der Waals surface area contributed by atoms with E-state index in [0.717, 1.165) is 43.6 Å². The molecule has 1 spiro atoms. The van der Waals surface area contributed by atoms with Gasteiger partial charge in [-0.05, 0) is 48.6 Å². The SMILES string of the molecule is Cc1ccsc1S(=O)(=O)Nc1cccc2cc(C(=O)NCC(C)(CN3CCC4(CC3)OCCO4)SCc3ccccc3)[nH]c12. The second kappa shape index (κ2) is 12.9. The van der Waals surface area contributed by atoms with Crippen molar-refractivity contribution in [3.63, 3.8) is 0 Å². The van der Waals surface area contributed by atoms with Gasteiger partial charge in [-0.1, -0.05) is 42.5 Å². The summed E-state index contributed by atoms with van der Waals surface area (Å²) in [6.07, 6.45) is 1.68. The van der Waals surface area contributed by atoms with Crippen molar-refractivity contribution in [1.29, 1.82) is 0 Å². The Labute approximate surface area is 266 Å². The number of carbonyl (C=O) groups is 1. The summed E-state index contributed by atoms with van der Waals surface area (Å²) in [6.45, 7) is 8.32. The molecule has 0 aliphatic carbocycles. The fourth-order valence-corrected chi connectivity index (χ4v) is 9.49. The van der Waals surface area contributed by atoms with E-state index in [-0.39, 0.29) is 14.9 Å². The molecule has 0 bridgehead atoms. The first kappa shape index (κ1) is 31.1. The normalized spacial score (nSPS) is 18.4. The van der Waals surface area contributed by atoms with Crippen LogP contribution in [0.15, 0.2) is 70.3 Å². The van der Waals surface area contributed by atoms with Crippen molar-refractivity contribution in [3.8, 4) is 0 Å². The number of carbonyl (C=O) groups excluding carboxylic acids is 1. The number of hydrogen-bond acceptors (Lipinski definition) is 8. The number of ether oxygens (including phenoxy) is 2. The molecule has 234 valence electrons. The predicted octanol–water partition coefficient (Wildman–Crippen LogP) is 5.60. The van der Waals surface area contributed by atoms with Gasteiger partial charge in [0.2, 0.25) is 0 Å². The Kier molecular flexibility index (Phi) is 9.10. The molecule has 1 unspecified atom stereocenters. The number of aryl methyl sites for hydroxylation is 1. The second-order valence-corrected chi connectivity index (χ2v) is 16.1. The highest BCUT2D eigenvalue weighted by molar-refractivity contribution is 8.00. The number of benzene rings is 2. The van der Waals surface area contributed by atoms with Gasteiger partial charge in [-0.25, -0.2) is 8.42 Å². The minimum absolute atomic E-state index is 0.235. The van der Waals surface area contributed by atoms with Crippen LogP contribution in [-0.2, 0) is 25.2 Å². The van der Waals surface area contributed by atoms with Gasteiger partial charge >= 0.3 is 0 Å². The third-order valence-electron chi connectivity index (χ3n) is 8.25. The second-order valence-electron chi connectivity index (χ2n) is 11.7. The Balaban J connectivity index is 1.15. The number of thioether (sulfide) groups is 1. The highest BCUT2D eigenvalue weighted by Crippen LogP contribution is 2.35. The molecular weight excluding hydrogens is 617 g/mol. The number of amides is 1. The topological polar surface area (TPSA) is 113 Å². The Morgan fingerprint density at radius 3 is 2.55 bits per heavy atom. The van der Waals surface area contributed by atoms with Crippen LogP contribution in [0.25, 0.3) is 10.9 Å². The quantitative estimate of drug-likeness (QED) is 0.193. The first-order valence-corrected chi connectivity index (χ1v) is 18.1. The van der Waals surface area contributed by atoms with Crippen LogP contribution in [0.1, 0.15) is 41.4 Å². The fraction of sp³-hybridized carbons (Fsp3) is 0.406. The van der Waals surface area contributed by atoms with Crippen molar-refractivity contribution in [2.45, 2.75) is 47.2 Å². The molecule has 1 amide bonds. The molecule has 2 aromatic carbocycles. The Hall–Kier alpha value is -2.87. The van der Waals surface area contributed by atoms with Crippen LogP contribution >= 0.6 is 23.1 Å². The number of nitrogens with zero attached hydrogens (tertiary/aromatic N) is 1. The van der Waals surface area contributed by atoms with Crippen molar-refractivity contribution < 1.29 is 22.7 Å². The number of sulfonamides is 1. The van der Waals surface area contributed by atoms with Gasteiger partial charge in [-0.15, -0.1) is 23.1 Å². The molecule has 4 aromatic rings. The van der Waals surface area contributed by atoms with Gasteiger partial charge < -0.3 is 24.7 Å². The van der Waals surface area contributed by atoms with Crippen LogP contribution in [-0.4, -0.2) is 74.1 Å². The highest BCUT2D eigenvalue weighted by Gasteiger charge is 2.41. The van der Waals surface area contributed by atoms with Gasteiger partial charge in [-0.3, -0.25) is 9.52 Å². The average molecular weight is 655 g/mol. The zero-order valence-corrected chi connectivity index (χ0v) is 27.4. The van der Waals surface area contributed by atoms with E-state index < -0.39 is 15.8 Å². The monoisotopic (exact) mass is 654 g/mol. The average Bonchev–Trinajstić information content (AvgIpc) is 3.78. The maximum Gasteiger partial charge on any atom is 0.271 e. The lowest BCUT2D eigenvalue weighted by molar-refractivity contribution is -0.185. The first-order chi connectivity index (χ1) is 21.1. The van der Waals surface area contributed by atoms with Gasteiger partial charge in [0.15, 0.2) is 5.79 Å². The van der Waals surface area contributed by atoms with Crippen LogP contribution in [0.4, 0.5) is 5.69 Å². The maximum absolute atomic E-state index is 13.5. The molecule has 3 N–H and O–H groups in total. The van der Waals surface area contributed by atoms with Gasteiger partial charge in [0.1, 0.15) is 9.90 Å². The van der Waals surface area contributed by atoms with Crippen molar-refractivity contribution in [2.75, 3.05) is 44.1 Å². The Morgan fingerprint density at radius 1 is 1.09 bits per heavy atom. The largest absolute Gasteiger partial charge is 0.349 e. The van der Waals surface area contributed by atoms with E-state index in [1.165, 1.54) is 16.9 Å². The number of para-hydroxylation sites is 1. The number of fused-ring (bicyclic) bond motifs is 1. The van der Waals surface area contributed by atoms with Crippen molar-refractivity contribution in [2.24, 2.45) is 0 Å². The van der Waals surface area contributed by atoms with E-state index in [0.29, 0.717) is 42.2 Å². The summed E-state index contributed by atoms with van der Waals surface area (Å²) < 4.78 is 40.7. The summed E-state index contributed by atoms with van der Waals surface area (Å²) in [5, 5.41) is 5.67. The van der Waals surface area contributed by atoms with Crippen LogP contribution in [0, 0.1) is 6.92 Å². The molecule has 12 heteroatoms. The number of H-pyrrole nitrogens is 1. The Morgan fingerprint density at radius 2 is 1.84 bits per heavy atom. The number of aromatic amines is 1. The molecule has 2 saturated heterocycles. The molecule has 44 heavy (non-hydrogen) atoms. The number of thiophene rings is 1. The molecule has 2 aliphatic rings. The number of piperidine rings is 1. The molecule has 6 rings (SSSR count). The van der Waals surface area contributed by atoms with Crippen LogP contribution in [0.5, 0.6) is 0 Å². The molecular formula is C32H38N4O5S3. The summed E-state index contributed by atoms with van der Waals surface area (Å²) in [7, 11) is -3.76. The third kappa shape index (κ3) is 7.00. The highest BCUT2D eigenvalue weighted by atomic mass is 32.2. The van der Waals surface area contributed by atoms with E-state index in [4.69, 9.17) is 9.47 Å².